The van der Waals surface area contributed by atoms with Crippen molar-refractivity contribution < 1.29 is 13.9 Å². The van der Waals surface area contributed by atoms with Gasteiger partial charge < -0.3 is 14.1 Å². The van der Waals surface area contributed by atoms with E-state index in [4.69, 9.17) is 20.8 Å². The zero-order chi connectivity index (χ0) is 20.1. The Labute approximate surface area is 172 Å². The number of carbonyl (C=O) groups is 1. The van der Waals surface area contributed by atoms with E-state index in [2.05, 4.69) is 0 Å². The number of amides is 1. The number of benzene rings is 2. The summed E-state index contributed by atoms with van der Waals surface area (Å²) in [4.78, 5) is 28.5. The van der Waals surface area contributed by atoms with E-state index in [1.165, 1.54) is 0 Å². The van der Waals surface area contributed by atoms with Gasteiger partial charge in [-0.05, 0) is 49.6 Å². The fraction of sp³-hybridized carbons (Fsp3) is 0.304. The van der Waals surface area contributed by atoms with E-state index in [1.807, 2.05) is 31.2 Å². The minimum absolute atomic E-state index is 0.0326. The van der Waals surface area contributed by atoms with Crippen molar-refractivity contribution in [3.63, 3.8) is 0 Å². The molecule has 0 saturated carbocycles. The van der Waals surface area contributed by atoms with Crippen LogP contribution in [0.4, 0.5) is 0 Å². The zero-order valence-electron chi connectivity index (χ0n) is 16.0. The highest BCUT2D eigenvalue weighted by Gasteiger charge is 2.43. The molecule has 29 heavy (non-hydrogen) atoms. The lowest BCUT2D eigenvalue weighted by atomic mass is 9.98. The molecule has 2 aliphatic heterocycles. The Balaban J connectivity index is 1.71. The summed E-state index contributed by atoms with van der Waals surface area (Å²) in [5.74, 6) is -0.140. The molecule has 5 nitrogen and oxygen atoms in total. The van der Waals surface area contributed by atoms with Crippen LogP contribution in [0, 0.1) is 6.92 Å². The second-order valence-electron chi connectivity index (χ2n) is 7.72. The number of carbonyl (C=O) groups excluding carboxylic acids is 1. The van der Waals surface area contributed by atoms with E-state index in [0.29, 0.717) is 34.7 Å². The molecule has 6 heteroatoms. The Morgan fingerprint density at radius 1 is 1.14 bits per heavy atom. The van der Waals surface area contributed by atoms with Crippen LogP contribution in [-0.2, 0) is 4.74 Å². The molecule has 1 amide bonds. The normalized spacial score (nSPS) is 21.2. The van der Waals surface area contributed by atoms with Crippen LogP contribution in [0.1, 0.15) is 46.1 Å². The number of halogens is 1. The van der Waals surface area contributed by atoms with Crippen molar-refractivity contribution in [2.75, 3.05) is 13.2 Å². The molecule has 3 heterocycles. The van der Waals surface area contributed by atoms with Gasteiger partial charge in [-0.25, -0.2) is 0 Å². The van der Waals surface area contributed by atoms with Crippen molar-refractivity contribution in [3.8, 4) is 0 Å². The minimum atomic E-state index is -0.514. The van der Waals surface area contributed by atoms with Crippen LogP contribution in [0.3, 0.4) is 0 Å². The fourth-order valence-electron chi connectivity index (χ4n) is 4.32. The molecule has 2 atom stereocenters. The number of ether oxygens (including phenoxy) is 1. The van der Waals surface area contributed by atoms with Gasteiger partial charge in [-0.3, -0.25) is 9.59 Å². The quantitative estimate of drug-likeness (QED) is 0.640. The maximum Gasteiger partial charge on any atom is 0.291 e. The Hall–Kier alpha value is -2.63. The van der Waals surface area contributed by atoms with E-state index < -0.39 is 6.04 Å². The van der Waals surface area contributed by atoms with Gasteiger partial charge in [0.15, 0.2) is 5.43 Å². The van der Waals surface area contributed by atoms with Crippen molar-refractivity contribution in [1.29, 1.82) is 0 Å². The summed E-state index contributed by atoms with van der Waals surface area (Å²) in [5, 5.41) is 1.10. The van der Waals surface area contributed by atoms with Crippen molar-refractivity contribution in [3.05, 3.63) is 80.2 Å². The molecular formula is C23H20ClNO4. The molecule has 0 bridgehead atoms. The molecule has 1 saturated heterocycles. The maximum atomic E-state index is 13.5. The molecule has 0 spiro atoms. The van der Waals surface area contributed by atoms with Gasteiger partial charge in [0, 0.05) is 18.2 Å². The summed E-state index contributed by atoms with van der Waals surface area (Å²) in [6.07, 6.45) is 1.84. The fourth-order valence-corrected chi connectivity index (χ4v) is 4.45. The van der Waals surface area contributed by atoms with Crippen molar-refractivity contribution in [2.45, 2.75) is 31.9 Å². The second kappa shape index (κ2) is 7.01. The van der Waals surface area contributed by atoms with Crippen molar-refractivity contribution >= 4 is 28.5 Å². The molecule has 3 aromatic rings. The standard InChI is InChI=1S/C23H20ClNO4/c1-13-4-9-18-17(11-13)21(26)19-20(14-5-7-15(24)8-6-14)25(23(27)22(19)29-18)12-16-3-2-10-28-16/h4-9,11,16,20H,2-3,10,12H2,1H3/t16-,20+/m1/s1. The van der Waals surface area contributed by atoms with Crippen LogP contribution in [0.2, 0.25) is 5.02 Å². The van der Waals surface area contributed by atoms with Gasteiger partial charge in [0.1, 0.15) is 5.58 Å². The van der Waals surface area contributed by atoms with Gasteiger partial charge in [0.05, 0.1) is 23.1 Å². The lowest BCUT2D eigenvalue weighted by Gasteiger charge is -2.27. The Morgan fingerprint density at radius 3 is 2.66 bits per heavy atom. The van der Waals surface area contributed by atoms with Gasteiger partial charge in [-0.15, -0.1) is 0 Å². The average Bonchev–Trinajstić information content (AvgIpc) is 3.32. The van der Waals surface area contributed by atoms with Gasteiger partial charge in [-0.1, -0.05) is 35.4 Å². The summed E-state index contributed by atoms with van der Waals surface area (Å²) < 4.78 is 11.7. The van der Waals surface area contributed by atoms with Gasteiger partial charge in [0.25, 0.3) is 5.91 Å². The van der Waals surface area contributed by atoms with Crippen LogP contribution in [0.25, 0.3) is 11.0 Å². The molecule has 1 aromatic heterocycles. The van der Waals surface area contributed by atoms with E-state index in [0.717, 1.165) is 24.0 Å². The molecule has 2 aliphatic rings. The molecule has 0 unspecified atom stereocenters. The maximum absolute atomic E-state index is 13.5. The largest absolute Gasteiger partial charge is 0.450 e. The molecular weight excluding hydrogens is 390 g/mol. The van der Waals surface area contributed by atoms with Crippen molar-refractivity contribution in [2.24, 2.45) is 0 Å². The third-order valence-corrected chi connectivity index (χ3v) is 5.98. The third kappa shape index (κ3) is 3.05. The van der Waals surface area contributed by atoms with Crippen LogP contribution in [0.15, 0.2) is 51.7 Å². The van der Waals surface area contributed by atoms with Crippen LogP contribution < -0.4 is 5.43 Å². The number of hydrogen-bond acceptors (Lipinski definition) is 4. The number of fused-ring (bicyclic) bond motifs is 2. The lowest BCUT2D eigenvalue weighted by molar-refractivity contribution is 0.0486. The van der Waals surface area contributed by atoms with Crippen LogP contribution in [-0.4, -0.2) is 30.1 Å². The van der Waals surface area contributed by atoms with Crippen LogP contribution >= 0.6 is 11.6 Å². The summed E-state index contributed by atoms with van der Waals surface area (Å²) in [6.45, 7) is 3.05. The Kier molecular flexibility index (Phi) is 4.45. The van der Waals surface area contributed by atoms with Gasteiger partial charge in [0.2, 0.25) is 5.76 Å². The monoisotopic (exact) mass is 409 g/mol. The molecule has 0 aliphatic carbocycles. The topological polar surface area (TPSA) is 59.8 Å². The Bertz CT molecular complexity index is 1160. The number of aryl methyl sites for hydroxylation is 1. The molecule has 148 valence electrons. The van der Waals surface area contributed by atoms with E-state index in [-0.39, 0.29) is 23.2 Å². The smallest absolute Gasteiger partial charge is 0.291 e. The summed E-state index contributed by atoms with van der Waals surface area (Å²) in [5.41, 5.74) is 2.47. The highest BCUT2D eigenvalue weighted by atomic mass is 35.5. The molecule has 2 aromatic carbocycles. The number of hydrogen-bond donors (Lipinski definition) is 0. The van der Waals surface area contributed by atoms with E-state index in [9.17, 15) is 9.59 Å². The van der Waals surface area contributed by atoms with Gasteiger partial charge in [-0.2, -0.15) is 0 Å². The first-order chi connectivity index (χ1) is 14.0. The molecule has 0 N–H and O–H groups in total. The lowest BCUT2D eigenvalue weighted by Crippen LogP contribution is -2.36. The number of nitrogens with zero attached hydrogens (tertiary/aromatic N) is 1. The SMILES string of the molecule is Cc1ccc2oc3c(c(=O)c2c1)[C@H](c1ccc(Cl)cc1)N(C[C@H]1CCCO1)C3=O. The highest BCUT2D eigenvalue weighted by molar-refractivity contribution is 6.30. The molecule has 0 radical (unpaired) electrons. The third-order valence-electron chi connectivity index (χ3n) is 5.73. The summed E-state index contributed by atoms with van der Waals surface area (Å²) in [7, 11) is 0. The average molecular weight is 410 g/mol. The zero-order valence-corrected chi connectivity index (χ0v) is 16.7. The minimum Gasteiger partial charge on any atom is -0.450 e. The first-order valence-electron chi connectivity index (χ1n) is 9.78. The predicted molar refractivity (Wildman–Crippen MR) is 111 cm³/mol. The van der Waals surface area contributed by atoms with E-state index in [1.54, 1.807) is 23.1 Å². The first-order valence-corrected chi connectivity index (χ1v) is 10.2. The predicted octanol–water partition coefficient (Wildman–Crippen LogP) is 4.48. The van der Waals surface area contributed by atoms with E-state index >= 15 is 0 Å². The summed E-state index contributed by atoms with van der Waals surface area (Å²) in [6, 6.07) is 12.2. The Morgan fingerprint density at radius 2 is 1.93 bits per heavy atom. The number of rotatable bonds is 3. The van der Waals surface area contributed by atoms with Gasteiger partial charge >= 0.3 is 0 Å². The van der Waals surface area contributed by atoms with Crippen molar-refractivity contribution in [1.82, 2.24) is 4.90 Å². The summed E-state index contributed by atoms with van der Waals surface area (Å²) >= 11 is 6.07. The molecule has 1 fully saturated rings. The highest BCUT2D eigenvalue weighted by Crippen LogP contribution is 2.39. The van der Waals surface area contributed by atoms with Crippen LogP contribution in [0.5, 0.6) is 0 Å². The molecule has 5 rings (SSSR count). The first kappa shape index (κ1) is 18.4. The second-order valence-corrected chi connectivity index (χ2v) is 8.16.